The zero-order chi connectivity index (χ0) is 11.5. The fourth-order valence-corrected chi connectivity index (χ4v) is 2.20. The number of halogens is 1. The lowest BCUT2D eigenvalue weighted by atomic mass is 10.0. The van der Waals surface area contributed by atoms with E-state index in [4.69, 9.17) is 0 Å². The second kappa shape index (κ2) is 4.97. The summed E-state index contributed by atoms with van der Waals surface area (Å²) in [5.41, 5.74) is 0.842. The average Bonchev–Trinajstić information content (AvgIpc) is 2.68. The number of nitrogens with one attached hydrogen (secondary N) is 2. The summed E-state index contributed by atoms with van der Waals surface area (Å²) in [5.74, 6) is 0.475. The second-order valence-electron chi connectivity index (χ2n) is 4.19. The summed E-state index contributed by atoms with van der Waals surface area (Å²) >= 11 is 3.36. The number of rotatable bonds is 2. The first-order chi connectivity index (χ1) is 7.66. The van der Waals surface area contributed by atoms with E-state index in [0.29, 0.717) is 5.92 Å². The summed E-state index contributed by atoms with van der Waals surface area (Å²) in [5, 5.41) is 6.14. The maximum atomic E-state index is 11.9. The van der Waals surface area contributed by atoms with Gasteiger partial charge in [-0.3, -0.25) is 4.79 Å². The molecule has 1 aliphatic heterocycles. The monoisotopic (exact) mass is 282 g/mol. The van der Waals surface area contributed by atoms with Crippen LogP contribution in [0.4, 0.5) is 5.69 Å². The van der Waals surface area contributed by atoms with Gasteiger partial charge in [-0.2, -0.15) is 0 Å². The van der Waals surface area contributed by atoms with Gasteiger partial charge >= 0.3 is 0 Å². The quantitative estimate of drug-likeness (QED) is 0.875. The highest BCUT2D eigenvalue weighted by Gasteiger charge is 2.29. The van der Waals surface area contributed by atoms with Crippen molar-refractivity contribution in [3.8, 4) is 0 Å². The smallest absolute Gasteiger partial charge is 0.241 e. The Hall–Kier alpha value is -0.870. The van der Waals surface area contributed by atoms with Gasteiger partial charge in [-0.25, -0.2) is 0 Å². The van der Waals surface area contributed by atoms with Crippen molar-refractivity contribution in [3.63, 3.8) is 0 Å². The van der Waals surface area contributed by atoms with Crippen LogP contribution in [0, 0.1) is 5.92 Å². The Morgan fingerprint density at radius 2 is 2.12 bits per heavy atom. The normalized spacial score (nSPS) is 24.4. The van der Waals surface area contributed by atoms with Crippen molar-refractivity contribution in [2.24, 2.45) is 5.92 Å². The van der Waals surface area contributed by atoms with Crippen molar-refractivity contribution in [1.82, 2.24) is 5.32 Å². The van der Waals surface area contributed by atoms with Gasteiger partial charge in [-0.05, 0) is 43.1 Å². The molecule has 86 valence electrons. The highest BCUT2D eigenvalue weighted by Crippen LogP contribution is 2.18. The summed E-state index contributed by atoms with van der Waals surface area (Å²) in [6, 6.07) is 7.56. The molecule has 0 bridgehead atoms. The molecule has 3 nitrogen and oxygen atoms in total. The van der Waals surface area contributed by atoms with E-state index in [0.717, 1.165) is 23.1 Å². The first-order valence-electron chi connectivity index (χ1n) is 5.46. The van der Waals surface area contributed by atoms with Gasteiger partial charge < -0.3 is 10.6 Å². The van der Waals surface area contributed by atoms with Gasteiger partial charge in [0.15, 0.2) is 0 Å². The van der Waals surface area contributed by atoms with Gasteiger partial charge in [-0.15, -0.1) is 0 Å². The molecule has 2 unspecified atom stereocenters. The third-order valence-electron chi connectivity index (χ3n) is 2.93. The van der Waals surface area contributed by atoms with E-state index in [1.54, 1.807) is 0 Å². The first kappa shape index (κ1) is 11.6. The molecule has 1 fully saturated rings. The summed E-state index contributed by atoms with van der Waals surface area (Å²) in [4.78, 5) is 11.9. The van der Waals surface area contributed by atoms with Crippen LogP contribution >= 0.6 is 15.9 Å². The standard InChI is InChI=1S/C12H15BrN2O/c1-8-6-7-14-11(8)12(16)15-10-4-2-9(13)3-5-10/h2-5,8,11,14H,6-7H2,1H3,(H,15,16). The summed E-state index contributed by atoms with van der Waals surface area (Å²) < 4.78 is 1.01. The molecule has 0 aliphatic carbocycles. The van der Waals surface area contributed by atoms with Gasteiger partial charge in [0, 0.05) is 10.2 Å². The molecule has 1 amide bonds. The largest absolute Gasteiger partial charge is 0.325 e. The molecule has 16 heavy (non-hydrogen) atoms. The zero-order valence-corrected chi connectivity index (χ0v) is 10.8. The van der Waals surface area contributed by atoms with Crippen LogP contribution in [0.3, 0.4) is 0 Å². The van der Waals surface area contributed by atoms with E-state index in [-0.39, 0.29) is 11.9 Å². The Labute approximate surface area is 104 Å². The van der Waals surface area contributed by atoms with Crippen molar-refractivity contribution >= 4 is 27.5 Å². The van der Waals surface area contributed by atoms with Crippen LogP contribution in [-0.2, 0) is 4.79 Å². The van der Waals surface area contributed by atoms with Crippen LogP contribution in [-0.4, -0.2) is 18.5 Å². The maximum absolute atomic E-state index is 11.9. The molecule has 2 atom stereocenters. The van der Waals surface area contributed by atoms with Crippen molar-refractivity contribution in [2.75, 3.05) is 11.9 Å². The number of carbonyl (C=O) groups is 1. The van der Waals surface area contributed by atoms with Gasteiger partial charge in [0.05, 0.1) is 6.04 Å². The molecule has 2 N–H and O–H groups in total. The van der Waals surface area contributed by atoms with E-state index in [2.05, 4.69) is 33.5 Å². The lowest BCUT2D eigenvalue weighted by molar-refractivity contribution is -0.118. The molecule has 1 saturated heterocycles. The molecule has 1 aromatic rings. The van der Waals surface area contributed by atoms with Crippen LogP contribution in [0.5, 0.6) is 0 Å². The molecular formula is C12H15BrN2O. The molecule has 0 radical (unpaired) electrons. The molecule has 1 aromatic carbocycles. The highest BCUT2D eigenvalue weighted by molar-refractivity contribution is 9.10. The fraction of sp³-hybridized carbons (Fsp3) is 0.417. The van der Waals surface area contributed by atoms with E-state index in [1.165, 1.54) is 0 Å². The third kappa shape index (κ3) is 2.62. The molecular weight excluding hydrogens is 268 g/mol. The fourth-order valence-electron chi connectivity index (χ4n) is 1.94. The molecule has 0 spiro atoms. The Morgan fingerprint density at radius 3 is 2.69 bits per heavy atom. The maximum Gasteiger partial charge on any atom is 0.241 e. The lowest BCUT2D eigenvalue weighted by Crippen LogP contribution is -2.39. The van der Waals surface area contributed by atoms with Crippen molar-refractivity contribution in [1.29, 1.82) is 0 Å². The van der Waals surface area contributed by atoms with Crippen LogP contribution in [0.25, 0.3) is 0 Å². The third-order valence-corrected chi connectivity index (χ3v) is 3.46. The van der Waals surface area contributed by atoms with Crippen molar-refractivity contribution < 1.29 is 4.79 Å². The molecule has 2 rings (SSSR count). The Morgan fingerprint density at radius 1 is 1.44 bits per heavy atom. The minimum Gasteiger partial charge on any atom is -0.325 e. The number of hydrogen-bond donors (Lipinski definition) is 2. The van der Waals surface area contributed by atoms with E-state index < -0.39 is 0 Å². The molecule has 0 aromatic heterocycles. The topological polar surface area (TPSA) is 41.1 Å². The molecule has 1 aliphatic rings. The lowest BCUT2D eigenvalue weighted by Gasteiger charge is -2.15. The van der Waals surface area contributed by atoms with Gasteiger partial charge in [0.25, 0.3) is 0 Å². The summed E-state index contributed by atoms with van der Waals surface area (Å²) in [6.07, 6.45) is 1.07. The number of amides is 1. The highest BCUT2D eigenvalue weighted by atomic mass is 79.9. The number of carbonyl (C=O) groups excluding carboxylic acids is 1. The van der Waals surface area contributed by atoms with E-state index >= 15 is 0 Å². The Bertz CT molecular complexity index is 377. The minimum absolute atomic E-state index is 0.0522. The van der Waals surface area contributed by atoms with E-state index in [1.807, 2.05) is 24.3 Å². The van der Waals surface area contributed by atoms with Crippen LogP contribution in [0.15, 0.2) is 28.7 Å². The van der Waals surface area contributed by atoms with Gasteiger partial charge in [-0.1, -0.05) is 22.9 Å². The Kier molecular flexibility index (Phi) is 3.61. The average molecular weight is 283 g/mol. The zero-order valence-electron chi connectivity index (χ0n) is 9.16. The number of benzene rings is 1. The predicted octanol–water partition coefficient (Wildman–Crippen LogP) is 2.39. The van der Waals surface area contributed by atoms with Crippen molar-refractivity contribution in [3.05, 3.63) is 28.7 Å². The van der Waals surface area contributed by atoms with Crippen molar-refractivity contribution in [2.45, 2.75) is 19.4 Å². The first-order valence-corrected chi connectivity index (χ1v) is 6.26. The molecule has 0 saturated carbocycles. The SMILES string of the molecule is CC1CCNC1C(=O)Nc1ccc(Br)cc1. The van der Waals surface area contributed by atoms with Crippen LogP contribution < -0.4 is 10.6 Å². The molecule has 4 heteroatoms. The van der Waals surface area contributed by atoms with Gasteiger partial charge in [0.1, 0.15) is 0 Å². The molecule has 1 heterocycles. The minimum atomic E-state index is -0.0522. The summed E-state index contributed by atoms with van der Waals surface area (Å²) in [7, 11) is 0. The Balaban J connectivity index is 1.99. The van der Waals surface area contributed by atoms with E-state index in [9.17, 15) is 4.79 Å². The van der Waals surface area contributed by atoms with Crippen LogP contribution in [0.2, 0.25) is 0 Å². The van der Waals surface area contributed by atoms with Crippen LogP contribution in [0.1, 0.15) is 13.3 Å². The summed E-state index contributed by atoms with van der Waals surface area (Å²) in [6.45, 7) is 3.03. The number of anilines is 1. The van der Waals surface area contributed by atoms with Gasteiger partial charge in [0.2, 0.25) is 5.91 Å². The second-order valence-corrected chi connectivity index (χ2v) is 5.11. The number of hydrogen-bond acceptors (Lipinski definition) is 2. The predicted molar refractivity (Wildman–Crippen MR) is 68.3 cm³/mol.